The van der Waals surface area contributed by atoms with Crippen molar-refractivity contribution in [3.63, 3.8) is 0 Å². The predicted octanol–water partition coefficient (Wildman–Crippen LogP) is 2.21. The highest BCUT2D eigenvalue weighted by atomic mass is 31.2. The second-order valence-corrected chi connectivity index (χ2v) is 9.57. The van der Waals surface area contributed by atoms with E-state index in [-0.39, 0.29) is 18.9 Å². The van der Waals surface area contributed by atoms with Crippen molar-refractivity contribution in [3.05, 3.63) is 96.1 Å². The molecule has 2 heterocycles. The van der Waals surface area contributed by atoms with Gasteiger partial charge in [-0.2, -0.15) is 0 Å². The number of phosphoric ester groups is 1. The Kier molecular flexibility index (Phi) is 8.89. The number of aliphatic hydroxyl groups is 2. The van der Waals surface area contributed by atoms with Gasteiger partial charge in [0.1, 0.15) is 24.0 Å². The number of aliphatic hydroxyl groups excluding tert-OH is 2. The largest absolute Gasteiger partial charge is 0.475 e. The third-order valence-electron chi connectivity index (χ3n) is 5.29. The van der Waals surface area contributed by atoms with Crippen molar-refractivity contribution in [2.75, 3.05) is 6.61 Å². The third kappa shape index (κ3) is 7.02. The van der Waals surface area contributed by atoms with Gasteiger partial charge in [0, 0.05) is 12.4 Å². The molecule has 1 saturated heterocycles. The first-order valence-corrected chi connectivity index (χ1v) is 12.6. The molecular weight excluding hydrogens is 489 g/mol. The lowest BCUT2D eigenvalue weighted by atomic mass is 10.1. The van der Waals surface area contributed by atoms with Gasteiger partial charge < -0.3 is 20.3 Å². The first-order chi connectivity index (χ1) is 17.4. The van der Waals surface area contributed by atoms with Gasteiger partial charge >= 0.3 is 7.82 Å². The number of nitrogens with one attached hydrogen (secondary N) is 1. The molecule has 4 rings (SSSR count). The van der Waals surface area contributed by atoms with Crippen molar-refractivity contribution in [1.29, 1.82) is 0 Å². The van der Waals surface area contributed by atoms with Crippen LogP contribution in [0.4, 0.5) is 0 Å². The van der Waals surface area contributed by atoms with Crippen molar-refractivity contribution < 1.29 is 37.9 Å². The summed E-state index contributed by atoms with van der Waals surface area (Å²) in [6.45, 7) is -0.516. The second kappa shape index (κ2) is 12.3. The summed E-state index contributed by atoms with van der Waals surface area (Å²) in [5.41, 5.74) is 1.52. The van der Waals surface area contributed by atoms with Crippen LogP contribution < -0.4 is 5.32 Å². The molecule has 1 aliphatic heterocycles. The van der Waals surface area contributed by atoms with Gasteiger partial charge in [-0.3, -0.25) is 23.3 Å². The summed E-state index contributed by atoms with van der Waals surface area (Å²) in [6.07, 6.45) is -1.28. The van der Waals surface area contributed by atoms with Crippen molar-refractivity contribution in [3.8, 4) is 0 Å². The van der Waals surface area contributed by atoms with Crippen LogP contribution in [0, 0.1) is 0 Å². The quantitative estimate of drug-likeness (QED) is 0.325. The zero-order chi connectivity index (χ0) is 25.4. The number of phosphoric acid groups is 1. The molecule has 36 heavy (non-hydrogen) atoms. The Bertz CT molecular complexity index is 1110. The Hall–Kier alpha value is -3.02. The van der Waals surface area contributed by atoms with E-state index >= 15 is 0 Å². The molecule has 3 aromatic rings. The van der Waals surface area contributed by atoms with Gasteiger partial charge in [0.25, 0.3) is 5.91 Å². The molecular formula is C24H26N3O8P. The average molecular weight is 515 g/mol. The summed E-state index contributed by atoms with van der Waals surface area (Å²) >= 11 is 0. The van der Waals surface area contributed by atoms with E-state index < -0.39 is 44.9 Å². The maximum absolute atomic E-state index is 13.4. The number of hydrogen-bond acceptors (Lipinski definition) is 10. The number of carbonyl (C=O) groups excluding carboxylic acids is 1. The molecule has 0 aliphatic carbocycles. The fraction of sp³-hybridized carbons (Fsp3) is 0.292. The summed E-state index contributed by atoms with van der Waals surface area (Å²) < 4.78 is 35.5. The van der Waals surface area contributed by atoms with Gasteiger partial charge in [0.2, 0.25) is 0 Å². The minimum Gasteiger partial charge on any atom is -0.387 e. The molecule has 1 fully saturated rings. The lowest BCUT2D eigenvalue weighted by molar-refractivity contribution is -0.0344. The van der Waals surface area contributed by atoms with Gasteiger partial charge in [0.15, 0.2) is 6.23 Å². The fourth-order valence-electron chi connectivity index (χ4n) is 3.36. The van der Waals surface area contributed by atoms with Crippen LogP contribution in [0.2, 0.25) is 0 Å². The van der Waals surface area contributed by atoms with Crippen LogP contribution in [-0.2, 0) is 36.1 Å². The number of benzene rings is 2. The van der Waals surface area contributed by atoms with Crippen LogP contribution in [0.3, 0.4) is 0 Å². The Balaban J connectivity index is 1.38. The Labute approximate surface area is 207 Å². The molecule has 12 heteroatoms. The summed E-state index contributed by atoms with van der Waals surface area (Å²) in [6, 6.07) is 18.1. The Morgan fingerprint density at radius 2 is 1.53 bits per heavy atom. The summed E-state index contributed by atoms with van der Waals surface area (Å²) in [5, 5.41) is 23.2. The molecule has 1 aromatic heterocycles. The monoisotopic (exact) mass is 515 g/mol. The van der Waals surface area contributed by atoms with Crippen LogP contribution in [0.15, 0.2) is 79.3 Å². The van der Waals surface area contributed by atoms with Crippen LogP contribution in [0.5, 0.6) is 0 Å². The van der Waals surface area contributed by atoms with E-state index in [1.54, 1.807) is 24.3 Å². The Morgan fingerprint density at radius 1 is 0.917 bits per heavy atom. The van der Waals surface area contributed by atoms with E-state index in [1.165, 1.54) is 18.6 Å². The van der Waals surface area contributed by atoms with Crippen LogP contribution in [-0.4, -0.2) is 57.2 Å². The van der Waals surface area contributed by atoms with Gasteiger partial charge in [-0.1, -0.05) is 60.7 Å². The number of carbonyl (C=O) groups is 1. The molecule has 4 atom stereocenters. The molecule has 2 aromatic carbocycles. The van der Waals surface area contributed by atoms with Gasteiger partial charge in [-0.25, -0.2) is 9.55 Å². The first kappa shape index (κ1) is 26.1. The van der Waals surface area contributed by atoms with Gasteiger partial charge in [-0.15, -0.1) is 0 Å². The predicted molar refractivity (Wildman–Crippen MR) is 126 cm³/mol. The molecule has 1 unspecified atom stereocenters. The van der Waals surface area contributed by atoms with Crippen molar-refractivity contribution >= 4 is 13.7 Å². The topological polar surface area (TPSA) is 149 Å². The zero-order valence-electron chi connectivity index (χ0n) is 19.1. The second-order valence-electron chi connectivity index (χ2n) is 7.90. The highest BCUT2D eigenvalue weighted by Crippen LogP contribution is 2.51. The molecule has 0 spiro atoms. The van der Waals surface area contributed by atoms with Crippen molar-refractivity contribution in [1.82, 2.24) is 15.3 Å². The molecule has 190 valence electrons. The lowest BCUT2D eigenvalue weighted by Crippen LogP contribution is -2.44. The normalized spacial score (nSPS) is 21.8. The minimum atomic E-state index is -4.12. The lowest BCUT2D eigenvalue weighted by Gasteiger charge is -2.21. The first-order valence-electron chi connectivity index (χ1n) is 11.1. The highest BCUT2D eigenvalue weighted by molar-refractivity contribution is 7.48. The summed E-state index contributed by atoms with van der Waals surface area (Å²) in [7, 11) is -4.12. The molecule has 11 nitrogen and oxygen atoms in total. The number of amides is 1. The van der Waals surface area contributed by atoms with Crippen LogP contribution in [0.1, 0.15) is 21.6 Å². The molecule has 0 saturated carbocycles. The van der Waals surface area contributed by atoms with Gasteiger partial charge in [0.05, 0.1) is 26.0 Å². The number of aromatic nitrogens is 2. The van der Waals surface area contributed by atoms with Crippen LogP contribution in [0.25, 0.3) is 0 Å². The molecule has 0 bridgehead atoms. The van der Waals surface area contributed by atoms with E-state index in [4.69, 9.17) is 18.3 Å². The number of rotatable bonds is 11. The van der Waals surface area contributed by atoms with E-state index in [1.807, 2.05) is 36.4 Å². The third-order valence-corrected chi connectivity index (χ3v) is 6.65. The van der Waals surface area contributed by atoms with Crippen molar-refractivity contribution in [2.45, 2.75) is 37.8 Å². The number of nitrogens with zero attached hydrogens (tertiary/aromatic N) is 2. The average Bonchev–Trinajstić information content (AvgIpc) is 3.19. The fourth-order valence-corrected chi connectivity index (χ4v) is 4.52. The highest BCUT2D eigenvalue weighted by Gasteiger charge is 2.45. The molecule has 0 radical (unpaired) electrons. The van der Waals surface area contributed by atoms with E-state index in [2.05, 4.69) is 15.3 Å². The summed E-state index contributed by atoms with van der Waals surface area (Å²) in [5.74, 6) is -0.649. The smallest absolute Gasteiger partial charge is 0.387 e. The zero-order valence-corrected chi connectivity index (χ0v) is 20.0. The number of ether oxygens (including phenoxy) is 1. The Morgan fingerprint density at radius 3 is 2.08 bits per heavy atom. The van der Waals surface area contributed by atoms with E-state index in [0.29, 0.717) is 0 Å². The molecule has 3 N–H and O–H groups in total. The number of hydrogen-bond donors (Lipinski definition) is 3. The minimum absolute atomic E-state index is 0.00983. The van der Waals surface area contributed by atoms with Crippen LogP contribution >= 0.6 is 7.82 Å². The maximum atomic E-state index is 13.4. The standard InChI is InChI=1S/C24H26N3O8P/c28-21-20(35-24(22(21)29)27-23(30)19-13-25-11-12-26-19)16-34-36(31,32-14-17-7-3-1-4-8-17)33-15-18-9-5-2-6-10-18/h1-13,20-22,24,28-29H,14-16H2,(H,27,30)/t20-,21-,22-,24?/m1/s1. The van der Waals surface area contributed by atoms with Gasteiger partial charge in [-0.05, 0) is 11.1 Å². The maximum Gasteiger partial charge on any atom is 0.475 e. The van der Waals surface area contributed by atoms with E-state index in [9.17, 15) is 19.6 Å². The summed E-state index contributed by atoms with van der Waals surface area (Å²) in [4.78, 5) is 20.0. The molecule has 1 amide bonds. The van der Waals surface area contributed by atoms with E-state index in [0.717, 1.165) is 11.1 Å². The van der Waals surface area contributed by atoms with Crippen molar-refractivity contribution in [2.24, 2.45) is 0 Å². The molecule has 1 aliphatic rings. The SMILES string of the molecule is O=C(NC1O[C@H](COP(=O)(OCc2ccccc2)OCc2ccccc2)[C@@H](O)[C@H]1O)c1cnccn1.